The van der Waals surface area contributed by atoms with Gasteiger partial charge in [0.25, 0.3) is 0 Å². The zero-order chi connectivity index (χ0) is 35.0. The fraction of sp³-hybridized carbons (Fsp3) is 0.628. The second kappa shape index (κ2) is 38.5. The average Bonchev–Trinajstić information content (AvgIpc) is 3.09. The van der Waals surface area contributed by atoms with Crippen LogP contribution in [0, 0.1) is 0 Å². The molecule has 0 saturated carbocycles. The Morgan fingerprint density at radius 3 is 1.42 bits per heavy atom. The van der Waals surface area contributed by atoms with Crippen LogP contribution in [0.2, 0.25) is 0 Å². The van der Waals surface area contributed by atoms with Crippen molar-refractivity contribution in [3.05, 3.63) is 85.1 Å². The third-order valence-corrected chi connectivity index (χ3v) is 7.67. The summed E-state index contributed by atoms with van der Waals surface area (Å²) in [5.74, 6) is -0.689. The number of allylic oxidation sites excluding steroid dienone is 14. The van der Waals surface area contributed by atoms with Crippen LogP contribution in [0.5, 0.6) is 0 Å². The molecule has 0 aromatic heterocycles. The topological polar surface area (TPSA) is 72.8 Å². The summed E-state index contributed by atoms with van der Waals surface area (Å²) in [6.45, 7) is 3.93. The second-order valence-electron chi connectivity index (χ2n) is 12.3. The van der Waals surface area contributed by atoms with Crippen molar-refractivity contribution in [1.29, 1.82) is 0 Å². The maximum Gasteiger partial charge on any atom is 0.306 e. The molecular weight excluding hydrogens is 596 g/mol. The Bertz CT molecular complexity index is 937. The van der Waals surface area contributed by atoms with Crippen LogP contribution >= 0.6 is 0 Å². The lowest BCUT2D eigenvalue weighted by Crippen LogP contribution is -2.28. The minimum atomic E-state index is -0.812. The van der Waals surface area contributed by atoms with Gasteiger partial charge in [-0.2, -0.15) is 0 Å². The highest BCUT2D eigenvalue weighted by molar-refractivity contribution is 5.70. The van der Waals surface area contributed by atoms with Crippen molar-refractivity contribution in [2.24, 2.45) is 0 Å². The van der Waals surface area contributed by atoms with Crippen molar-refractivity contribution in [2.75, 3.05) is 13.2 Å². The van der Waals surface area contributed by atoms with Crippen LogP contribution < -0.4 is 0 Å². The van der Waals surface area contributed by atoms with Gasteiger partial charge in [-0.15, -0.1) is 0 Å². The number of carbonyl (C=O) groups excluding carboxylic acids is 2. The Hall–Kier alpha value is -2.92. The molecule has 48 heavy (non-hydrogen) atoms. The van der Waals surface area contributed by atoms with Crippen LogP contribution in [0.4, 0.5) is 0 Å². The van der Waals surface area contributed by atoms with E-state index < -0.39 is 6.10 Å². The summed E-state index contributed by atoms with van der Waals surface area (Å²) in [5.41, 5.74) is 0. The highest BCUT2D eigenvalue weighted by Gasteiger charge is 2.15. The molecule has 0 rings (SSSR count). The zero-order valence-corrected chi connectivity index (χ0v) is 30.7. The molecule has 0 saturated heterocycles. The van der Waals surface area contributed by atoms with Gasteiger partial charge in [-0.25, -0.2) is 0 Å². The van der Waals surface area contributed by atoms with E-state index in [0.717, 1.165) is 77.0 Å². The Kier molecular flexibility index (Phi) is 36.2. The van der Waals surface area contributed by atoms with Gasteiger partial charge < -0.3 is 14.6 Å². The number of hydrogen-bond donors (Lipinski definition) is 1. The van der Waals surface area contributed by atoms with Gasteiger partial charge in [-0.1, -0.05) is 144 Å². The molecule has 0 unspecified atom stereocenters. The fourth-order valence-corrected chi connectivity index (χ4v) is 4.79. The summed E-state index contributed by atoms with van der Waals surface area (Å²) in [6.07, 6.45) is 52.1. The average molecular weight is 667 g/mol. The van der Waals surface area contributed by atoms with E-state index >= 15 is 0 Å². The normalized spacial score (nSPS) is 13.1. The number of aliphatic hydroxyl groups is 1. The van der Waals surface area contributed by atoms with Crippen molar-refractivity contribution in [3.63, 3.8) is 0 Å². The lowest BCUT2D eigenvalue weighted by molar-refractivity contribution is -0.161. The van der Waals surface area contributed by atoms with E-state index in [-0.39, 0.29) is 31.6 Å². The van der Waals surface area contributed by atoms with Gasteiger partial charge in [0, 0.05) is 12.8 Å². The first-order valence-electron chi connectivity index (χ1n) is 19.1. The van der Waals surface area contributed by atoms with Gasteiger partial charge in [0.15, 0.2) is 6.10 Å². The minimum Gasteiger partial charge on any atom is -0.462 e. The van der Waals surface area contributed by atoms with Crippen LogP contribution in [-0.2, 0) is 19.1 Å². The number of carbonyl (C=O) groups is 2. The first-order chi connectivity index (χ1) is 23.6. The monoisotopic (exact) mass is 667 g/mol. The van der Waals surface area contributed by atoms with Crippen molar-refractivity contribution >= 4 is 11.9 Å². The summed E-state index contributed by atoms with van der Waals surface area (Å²) >= 11 is 0. The van der Waals surface area contributed by atoms with E-state index in [4.69, 9.17) is 9.47 Å². The standard InChI is InChI=1S/C43H70O5/c1-3-5-7-9-11-13-15-17-19-21-23-25-27-29-31-33-35-37-42(45)47-40-41(39-44)48-43(46)38-36-34-32-30-28-26-24-22-20-18-16-14-12-10-8-6-4-2/h5,7,11,13,17-20,23-26,30,32,41,44H,3-4,6,8-10,12,14-16,21-22,27-29,31,33-40H2,1-2H3/b7-5-,13-11-,19-17-,20-18-,25-23-,26-24-,32-30-/t41-/m0/s1. The molecule has 5 nitrogen and oxygen atoms in total. The number of esters is 2. The van der Waals surface area contributed by atoms with E-state index in [1.807, 2.05) is 0 Å². The van der Waals surface area contributed by atoms with Crippen molar-refractivity contribution in [3.8, 4) is 0 Å². The number of hydrogen-bond acceptors (Lipinski definition) is 5. The molecule has 272 valence electrons. The maximum atomic E-state index is 12.1. The quantitative estimate of drug-likeness (QED) is 0.0429. The number of ether oxygens (including phenoxy) is 2. The van der Waals surface area contributed by atoms with Crippen molar-refractivity contribution < 1.29 is 24.2 Å². The molecule has 0 amide bonds. The molecule has 0 aliphatic heterocycles. The summed E-state index contributed by atoms with van der Waals surface area (Å²) < 4.78 is 10.5. The largest absolute Gasteiger partial charge is 0.462 e. The summed E-state index contributed by atoms with van der Waals surface area (Å²) in [7, 11) is 0. The lowest BCUT2D eigenvalue weighted by Gasteiger charge is -2.15. The van der Waals surface area contributed by atoms with Crippen LogP contribution in [0.3, 0.4) is 0 Å². The van der Waals surface area contributed by atoms with E-state index in [1.165, 1.54) is 44.9 Å². The van der Waals surface area contributed by atoms with Gasteiger partial charge >= 0.3 is 11.9 Å². The zero-order valence-electron chi connectivity index (χ0n) is 30.7. The van der Waals surface area contributed by atoms with Crippen molar-refractivity contribution in [1.82, 2.24) is 0 Å². The maximum absolute atomic E-state index is 12.1. The van der Waals surface area contributed by atoms with Gasteiger partial charge in [0.1, 0.15) is 6.61 Å². The molecular formula is C43H70O5. The molecule has 0 bridgehead atoms. The molecule has 0 aromatic carbocycles. The molecule has 0 radical (unpaired) electrons. The molecule has 1 atom stereocenters. The summed E-state index contributed by atoms with van der Waals surface area (Å²) in [4.78, 5) is 24.2. The van der Waals surface area contributed by atoms with Crippen molar-refractivity contribution in [2.45, 2.75) is 161 Å². The second-order valence-corrected chi connectivity index (χ2v) is 12.3. The SMILES string of the molecule is CC/C=C\C/C=C\C/C=C\C/C=C\CCCCCCC(=O)OC[C@H](CO)OC(=O)CCC/C=C\C/C=C\C/C=C\CCCCCCCC. The molecule has 0 fully saturated rings. The molecule has 5 heteroatoms. The van der Waals surface area contributed by atoms with Gasteiger partial charge in [-0.3, -0.25) is 9.59 Å². The smallest absolute Gasteiger partial charge is 0.306 e. The molecule has 0 aliphatic rings. The molecule has 0 spiro atoms. The molecule has 0 aliphatic carbocycles. The molecule has 0 aromatic rings. The van der Waals surface area contributed by atoms with E-state index in [1.54, 1.807) is 0 Å². The summed E-state index contributed by atoms with van der Waals surface area (Å²) in [6, 6.07) is 0. The highest BCUT2D eigenvalue weighted by Crippen LogP contribution is 2.09. The molecule has 1 N–H and O–H groups in total. The molecule has 0 heterocycles. The number of aliphatic hydroxyl groups excluding tert-OH is 1. The van der Waals surface area contributed by atoms with Crippen LogP contribution in [0.15, 0.2) is 85.1 Å². The van der Waals surface area contributed by atoms with Gasteiger partial charge in [0.05, 0.1) is 6.61 Å². The Morgan fingerprint density at radius 2 is 0.917 bits per heavy atom. The predicted molar refractivity (Wildman–Crippen MR) is 205 cm³/mol. The van der Waals surface area contributed by atoms with Crippen LogP contribution in [0.1, 0.15) is 155 Å². The van der Waals surface area contributed by atoms with Gasteiger partial charge in [-0.05, 0) is 83.5 Å². The van der Waals surface area contributed by atoms with Crippen LogP contribution in [0.25, 0.3) is 0 Å². The lowest BCUT2D eigenvalue weighted by atomic mass is 10.1. The first-order valence-corrected chi connectivity index (χ1v) is 19.1. The van der Waals surface area contributed by atoms with E-state index in [9.17, 15) is 14.7 Å². The summed E-state index contributed by atoms with van der Waals surface area (Å²) in [5, 5.41) is 9.54. The highest BCUT2D eigenvalue weighted by atomic mass is 16.6. The number of unbranched alkanes of at least 4 members (excludes halogenated alkanes) is 11. The third kappa shape index (κ3) is 35.9. The Morgan fingerprint density at radius 1 is 0.500 bits per heavy atom. The van der Waals surface area contributed by atoms with E-state index in [2.05, 4.69) is 98.9 Å². The third-order valence-electron chi connectivity index (χ3n) is 7.67. The van der Waals surface area contributed by atoms with Gasteiger partial charge in [0.2, 0.25) is 0 Å². The predicted octanol–water partition coefficient (Wildman–Crippen LogP) is 11.9. The number of rotatable bonds is 33. The Balaban J connectivity index is 3.73. The Labute approximate surface area is 295 Å². The first kappa shape index (κ1) is 45.1. The van der Waals surface area contributed by atoms with Crippen LogP contribution in [-0.4, -0.2) is 36.4 Å². The minimum absolute atomic E-state index is 0.104. The van der Waals surface area contributed by atoms with E-state index in [0.29, 0.717) is 12.8 Å². The fourth-order valence-electron chi connectivity index (χ4n) is 4.79.